The highest BCUT2D eigenvalue weighted by molar-refractivity contribution is 5.69. The van der Waals surface area contributed by atoms with Crippen molar-refractivity contribution in [3.05, 3.63) is 65.6 Å². The molecule has 0 unspecified atom stereocenters. The largest absolute Gasteiger partial charge is 0.482 e. The maximum absolute atomic E-state index is 14.3. The molecule has 4 aromatic rings. The van der Waals surface area contributed by atoms with E-state index in [1.165, 1.54) is 18.2 Å². The number of hydrogen-bond donors (Lipinski definition) is 1. The highest BCUT2D eigenvalue weighted by Crippen LogP contribution is 2.37. The molecule has 1 aliphatic rings. The second-order valence-electron chi connectivity index (χ2n) is 7.44. The molecule has 0 saturated heterocycles. The van der Waals surface area contributed by atoms with Crippen LogP contribution in [0.15, 0.2) is 42.7 Å². The summed E-state index contributed by atoms with van der Waals surface area (Å²) in [5, 5.41) is 8.51. The normalized spacial score (nSPS) is 15.2. The van der Waals surface area contributed by atoms with E-state index in [1.54, 1.807) is 36.1 Å². The van der Waals surface area contributed by atoms with E-state index < -0.39 is 17.9 Å². The maximum atomic E-state index is 14.3. The fraction of sp³-hybridized carbons (Fsp3) is 0.227. The Bertz CT molecular complexity index is 1300. The Morgan fingerprint density at radius 3 is 2.84 bits per heavy atom. The monoisotopic (exact) mass is 422 g/mol. The lowest BCUT2D eigenvalue weighted by Crippen LogP contribution is -2.12. The third-order valence-corrected chi connectivity index (χ3v) is 5.47. The van der Waals surface area contributed by atoms with Crippen LogP contribution < -0.4 is 10.5 Å². The van der Waals surface area contributed by atoms with Crippen molar-refractivity contribution in [2.24, 2.45) is 0 Å². The predicted molar refractivity (Wildman–Crippen MR) is 111 cm³/mol. The third-order valence-electron chi connectivity index (χ3n) is 5.47. The van der Waals surface area contributed by atoms with E-state index in [-0.39, 0.29) is 12.4 Å². The molecule has 2 bridgehead atoms. The lowest BCUT2D eigenvalue weighted by molar-refractivity contribution is 0.227. The zero-order chi connectivity index (χ0) is 21.7. The average Bonchev–Trinajstić information content (AvgIpc) is 3.32. The Hall–Kier alpha value is -3.75. The van der Waals surface area contributed by atoms with Crippen LogP contribution in [0.1, 0.15) is 31.1 Å². The van der Waals surface area contributed by atoms with Crippen molar-refractivity contribution >= 4 is 5.82 Å². The average molecular weight is 422 g/mol. The summed E-state index contributed by atoms with van der Waals surface area (Å²) in [5.74, 6) is -0.426. The summed E-state index contributed by atoms with van der Waals surface area (Å²) in [4.78, 5) is 4.29. The Labute approximate surface area is 177 Å². The van der Waals surface area contributed by atoms with E-state index in [9.17, 15) is 8.78 Å². The predicted octanol–water partition coefficient (Wildman–Crippen LogP) is 4.19. The molecule has 0 spiro atoms. The van der Waals surface area contributed by atoms with Gasteiger partial charge in [0.1, 0.15) is 11.9 Å². The van der Waals surface area contributed by atoms with E-state index in [2.05, 4.69) is 15.2 Å². The van der Waals surface area contributed by atoms with Crippen molar-refractivity contribution in [1.29, 1.82) is 0 Å². The van der Waals surface area contributed by atoms with E-state index in [0.29, 0.717) is 29.1 Å². The molecule has 1 aliphatic heterocycles. The van der Waals surface area contributed by atoms with Crippen molar-refractivity contribution in [3.8, 4) is 28.3 Å². The Balaban J connectivity index is 1.81. The molecule has 4 heterocycles. The van der Waals surface area contributed by atoms with Gasteiger partial charge >= 0.3 is 0 Å². The lowest BCUT2D eigenvalue weighted by atomic mass is 9.99. The highest BCUT2D eigenvalue weighted by atomic mass is 19.1. The van der Waals surface area contributed by atoms with E-state index in [1.807, 2.05) is 11.6 Å². The molecule has 0 aliphatic carbocycles. The molecule has 3 aromatic heterocycles. The topological polar surface area (TPSA) is 83.8 Å². The summed E-state index contributed by atoms with van der Waals surface area (Å²) < 4.78 is 37.9. The number of aryl methyl sites for hydroxylation is 1. The van der Waals surface area contributed by atoms with Gasteiger partial charge in [0.25, 0.3) is 0 Å². The number of nitrogens with two attached hydrogens (primary N) is 1. The van der Waals surface area contributed by atoms with Gasteiger partial charge in [0, 0.05) is 41.1 Å². The first-order valence-electron chi connectivity index (χ1n) is 9.95. The minimum atomic E-state index is -0.621. The Kier molecular flexibility index (Phi) is 4.46. The number of hydrogen-bond acceptors (Lipinski definition) is 5. The molecule has 5 rings (SSSR count). The zero-order valence-electron chi connectivity index (χ0n) is 17.0. The van der Waals surface area contributed by atoms with E-state index in [4.69, 9.17) is 10.5 Å². The van der Waals surface area contributed by atoms with Crippen LogP contribution in [-0.2, 0) is 13.1 Å². The van der Waals surface area contributed by atoms with Crippen LogP contribution in [0.3, 0.4) is 0 Å². The van der Waals surface area contributed by atoms with E-state index in [0.717, 1.165) is 16.8 Å². The first-order chi connectivity index (χ1) is 14.9. The smallest absolute Gasteiger partial charge is 0.233 e. The fourth-order valence-corrected chi connectivity index (χ4v) is 4.03. The molecule has 1 aromatic carbocycles. The lowest BCUT2D eigenvalue weighted by Gasteiger charge is -2.21. The number of rotatable bonds is 1. The van der Waals surface area contributed by atoms with Crippen LogP contribution in [-0.4, -0.2) is 24.5 Å². The number of anilines is 1. The number of aromatic nitrogens is 5. The standard InChI is InChI=1S/C22H20F2N6O/c1-3-29-21-13-6-19(22(25)26-9-13)31-12(2)17-7-15(23)4-5-16(17)18-8-20(24)28-30(18)11-14(21)10-27-29/h4-10,12H,3,11H2,1-2H3,(H2,25,26)/t12-/m1/s1. The van der Waals surface area contributed by atoms with Crippen molar-refractivity contribution in [2.45, 2.75) is 33.0 Å². The SMILES string of the molecule is CCn1ncc2c1-c1cnc(N)c(c1)O[C@H](C)c1cc(F)ccc1-c1cc(F)nn1C2. The molecule has 158 valence electrons. The summed E-state index contributed by atoms with van der Waals surface area (Å²) in [5.41, 5.74) is 10.2. The van der Waals surface area contributed by atoms with Gasteiger partial charge in [0.2, 0.25) is 5.95 Å². The van der Waals surface area contributed by atoms with Gasteiger partial charge in [-0.1, -0.05) is 0 Å². The van der Waals surface area contributed by atoms with Crippen LogP contribution in [0, 0.1) is 11.8 Å². The quantitative estimate of drug-likeness (QED) is 0.497. The van der Waals surface area contributed by atoms with Gasteiger partial charge in [0.15, 0.2) is 11.6 Å². The molecule has 2 N–H and O–H groups in total. The molecule has 0 fully saturated rings. The molecule has 0 amide bonds. The fourth-order valence-electron chi connectivity index (χ4n) is 4.03. The van der Waals surface area contributed by atoms with Gasteiger partial charge in [-0.15, -0.1) is 5.10 Å². The highest BCUT2D eigenvalue weighted by Gasteiger charge is 2.23. The third kappa shape index (κ3) is 3.22. The molecule has 7 nitrogen and oxygen atoms in total. The maximum Gasteiger partial charge on any atom is 0.233 e. The van der Waals surface area contributed by atoms with Crippen LogP contribution >= 0.6 is 0 Å². The molecule has 31 heavy (non-hydrogen) atoms. The number of fused-ring (bicyclic) bond motifs is 7. The Morgan fingerprint density at radius 2 is 2.03 bits per heavy atom. The van der Waals surface area contributed by atoms with Gasteiger partial charge < -0.3 is 10.5 Å². The van der Waals surface area contributed by atoms with Crippen molar-refractivity contribution in [2.75, 3.05) is 5.73 Å². The van der Waals surface area contributed by atoms with Crippen molar-refractivity contribution in [1.82, 2.24) is 24.5 Å². The number of nitrogens with zero attached hydrogens (tertiary/aromatic N) is 5. The number of ether oxygens (including phenoxy) is 1. The summed E-state index contributed by atoms with van der Waals surface area (Å²) in [7, 11) is 0. The summed E-state index contributed by atoms with van der Waals surface area (Å²) >= 11 is 0. The second-order valence-corrected chi connectivity index (χ2v) is 7.44. The Morgan fingerprint density at radius 1 is 1.19 bits per heavy atom. The molecular weight excluding hydrogens is 402 g/mol. The van der Waals surface area contributed by atoms with Crippen LogP contribution in [0.25, 0.3) is 22.5 Å². The number of nitrogen functional groups attached to an aromatic ring is 1. The van der Waals surface area contributed by atoms with Crippen LogP contribution in [0.2, 0.25) is 0 Å². The molecule has 0 radical (unpaired) electrons. The summed E-state index contributed by atoms with van der Waals surface area (Å²) in [6.07, 6.45) is 2.81. The number of halogens is 2. The summed E-state index contributed by atoms with van der Waals surface area (Å²) in [6, 6.07) is 7.47. The zero-order valence-corrected chi connectivity index (χ0v) is 17.0. The minimum absolute atomic E-state index is 0.228. The number of pyridine rings is 1. The summed E-state index contributed by atoms with van der Waals surface area (Å²) in [6.45, 7) is 4.68. The van der Waals surface area contributed by atoms with Crippen molar-refractivity contribution in [3.63, 3.8) is 0 Å². The number of benzene rings is 1. The molecule has 0 saturated carbocycles. The van der Waals surface area contributed by atoms with Gasteiger partial charge in [-0.05, 0) is 38.1 Å². The first-order valence-corrected chi connectivity index (χ1v) is 9.95. The van der Waals surface area contributed by atoms with Gasteiger partial charge in [-0.3, -0.25) is 9.36 Å². The van der Waals surface area contributed by atoms with Gasteiger partial charge in [0.05, 0.1) is 24.1 Å². The van der Waals surface area contributed by atoms with E-state index >= 15 is 0 Å². The van der Waals surface area contributed by atoms with Crippen molar-refractivity contribution < 1.29 is 13.5 Å². The molecular formula is C22H20F2N6O. The first kappa shape index (κ1) is 19.2. The van der Waals surface area contributed by atoms with Crippen LogP contribution in [0.4, 0.5) is 14.6 Å². The second kappa shape index (κ2) is 7.19. The molecule has 9 heteroatoms. The van der Waals surface area contributed by atoms with Crippen LogP contribution in [0.5, 0.6) is 5.75 Å². The van der Waals surface area contributed by atoms with Gasteiger partial charge in [-0.25, -0.2) is 9.37 Å². The molecule has 1 atom stereocenters. The minimum Gasteiger partial charge on any atom is -0.482 e. The van der Waals surface area contributed by atoms with Gasteiger partial charge in [-0.2, -0.15) is 9.49 Å².